The SMILES string of the molecule is Cc1ccc(-c2nc(N)nc3c(Oc4cccc(COC5CCOC5)c4)cnn23)o1. The molecule has 0 radical (unpaired) electrons. The van der Waals surface area contributed by atoms with E-state index in [1.165, 1.54) is 0 Å². The molecule has 5 rings (SSSR count). The predicted molar refractivity (Wildman–Crippen MR) is 108 cm³/mol. The third-order valence-corrected chi connectivity index (χ3v) is 4.81. The zero-order valence-corrected chi connectivity index (χ0v) is 16.4. The molecule has 1 atom stereocenters. The van der Waals surface area contributed by atoms with Gasteiger partial charge in [0.25, 0.3) is 0 Å². The van der Waals surface area contributed by atoms with Crippen LogP contribution in [0.5, 0.6) is 11.5 Å². The summed E-state index contributed by atoms with van der Waals surface area (Å²) in [5, 5.41) is 4.37. The van der Waals surface area contributed by atoms with Gasteiger partial charge < -0.3 is 24.4 Å². The van der Waals surface area contributed by atoms with Gasteiger partial charge in [-0.15, -0.1) is 0 Å². The van der Waals surface area contributed by atoms with Crippen molar-refractivity contribution in [2.45, 2.75) is 26.1 Å². The molecular weight excluding hydrogens is 386 g/mol. The molecule has 4 heterocycles. The fraction of sp³-hybridized carbons (Fsp3) is 0.286. The van der Waals surface area contributed by atoms with Crippen molar-refractivity contribution < 1.29 is 18.6 Å². The maximum atomic E-state index is 6.06. The zero-order chi connectivity index (χ0) is 20.5. The highest BCUT2D eigenvalue weighted by molar-refractivity contribution is 5.62. The minimum atomic E-state index is 0.109. The van der Waals surface area contributed by atoms with Gasteiger partial charge in [-0.05, 0) is 43.2 Å². The molecule has 0 bridgehead atoms. The number of aromatic nitrogens is 4. The van der Waals surface area contributed by atoms with E-state index in [9.17, 15) is 0 Å². The Morgan fingerprint density at radius 1 is 1.23 bits per heavy atom. The van der Waals surface area contributed by atoms with Crippen molar-refractivity contribution in [3.05, 3.63) is 53.9 Å². The topological polar surface area (TPSA) is 110 Å². The largest absolute Gasteiger partial charge is 0.458 e. The molecule has 1 unspecified atom stereocenters. The lowest BCUT2D eigenvalue weighted by Crippen LogP contribution is -2.11. The summed E-state index contributed by atoms with van der Waals surface area (Å²) in [4.78, 5) is 8.57. The molecule has 9 nitrogen and oxygen atoms in total. The summed E-state index contributed by atoms with van der Waals surface area (Å²) in [5.41, 5.74) is 7.39. The standard InChI is InChI=1S/C21H21N5O4/c1-13-5-6-17(29-13)19-24-21(22)25-20-18(10-23-26(19)20)30-15-4-2-3-14(9-15)11-28-16-7-8-27-12-16/h2-6,9-10,16H,7-8,11-12H2,1H3,(H2,22,25). The number of hydrogen-bond acceptors (Lipinski definition) is 8. The molecule has 1 aliphatic rings. The van der Waals surface area contributed by atoms with Crippen molar-refractivity contribution in [1.82, 2.24) is 19.6 Å². The van der Waals surface area contributed by atoms with Gasteiger partial charge in [0.1, 0.15) is 11.5 Å². The third-order valence-electron chi connectivity index (χ3n) is 4.81. The van der Waals surface area contributed by atoms with E-state index in [1.54, 1.807) is 10.7 Å². The minimum Gasteiger partial charge on any atom is -0.458 e. The molecule has 154 valence electrons. The Morgan fingerprint density at radius 2 is 2.17 bits per heavy atom. The van der Waals surface area contributed by atoms with Gasteiger partial charge in [-0.1, -0.05) is 12.1 Å². The van der Waals surface area contributed by atoms with Crippen molar-refractivity contribution in [2.75, 3.05) is 18.9 Å². The highest BCUT2D eigenvalue weighted by Gasteiger charge is 2.18. The summed E-state index contributed by atoms with van der Waals surface area (Å²) >= 11 is 0. The van der Waals surface area contributed by atoms with Crippen LogP contribution in [0.2, 0.25) is 0 Å². The fourth-order valence-corrected chi connectivity index (χ4v) is 3.34. The molecule has 0 amide bonds. The molecule has 0 spiro atoms. The first-order valence-electron chi connectivity index (χ1n) is 9.70. The van der Waals surface area contributed by atoms with E-state index in [0.717, 1.165) is 24.4 Å². The van der Waals surface area contributed by atoms with Crippen LogP contribution < -0.4 is 10.5 Å². The van der Waals surface area contributed by atoms with Crippen LogP contribution in [-0.4, -0.2) is 38.9 Å². The molecule has 0 aliphatic carbocycles. The first-order valence-corrected chi connectivity index (χ1v) is 9.70. The molecule has 0 saturated carbocycles. The van der Waals surface area contributed by atoms with Crippen molar-refractivity contribution >= 4 is 11.6 Å². The van der Waals surface area contributed by atoms with Crippen LogP contribution in [0.4, 0.5) is 5.95 Å². The van der Waals surface area contributed by atoms with Crippen molar-refractivity contribution in [3.8, 4) is 23.1 Å². The monoisotopic (exact) mass is 407 g/mol. The normalized spacial score (nSPS) is 16.4. The van der Waals surface area contributed by atoms with E-state index in [4.69, 9.17) is 24.4 Å². The van der Waals surface area contributed by atoms with Crippen LogP contribution >= 0.6 is 0 Å². The smallest absolute Gasteiger partial charge is 0.224 e. The predicted octanol–water partition coefficient (Wildman–Crippen LogP) is 3.37. The number of furan rings is 1. The summed E-state index contributed by atoms with van der Waals surface area (Å²) in [7, 11) is 0. The number of rotatable bonds is 6. The molecule has 1 saturated heterocycles. The maximum Gasteiger partial charge on any atom is 0.224 e. The van der Waals surface area contributed by atoms with Crippen LogP contribution in [0.3, 0.4) is 0 Å². The van der Waals surface area contributed by atoms with Crippen LogP contribution in [0, 0.1) is 6.92 Å². The van der Waals surface area contributed by atoms with E-state index >= 15 is 0 Å². The molecule has 1 fully saturated rings. The molecular formula is C21H21N5O4. The number of nitrogens with zero attached hydrogens (tertiary/aromatic N) is 4. The summed E-state index contributed by atoms with van der Waals surface area (Å²) in [6.07, 6.45) is 2.66. The third kappa shape index (κ3) is 3.72. The zero-order valence-electron chi connectivity index (χ0n) is 16.4. The second-order valence-electron chi connectivity index (χ2n) is 7.11. The number of hydrogen-bond donors (Lipinski definition) is 1. The van der Waals surface area contributed by atoms with Gasteiger partial charge in [0.15, 0.2) is 11.5 Å². The van der Waals surface area contributed by atoms with Crippen molar-refractivity contribution in [1.29, 1.82) is 0 Å². The van der Waals surface area contributed by atoms with Gasteiger partial charge in [0.05, 0.1) is 25.5 Å². The van der Waals surface area contributed by atoms with Crippen LogP contribution in [0.15, 0.2) is 47.0 Å². The maximum absolute atomic E-state index is 6.06. The summed E-state index contributed by atoms with van der Waals surface area (Å²) < 4.78 is 24.5. The molecule has 30 heavy (non-hydrogen) atoms. The van der Waals surface area contributed by atoms with Gasteiger partial charge in [-0.2, -0.15) is 19.6 Å². The van der Waals surface area contributed by atoms with E-state index in [-0.39, 0.29) is 12.1 Å². The highest BCUT2D eigenvalue weighted by atomic mass is 16.5. The van der Waals surface area contributed by atoms with Gasteiger partial charge in [0, 0.05) is 6.61 Å². The van der Waals surface area contributed by atoms with Crippen molar-refractivity contribution in [2.24, 2.45) is 0 Å². The number of benzene rings is 1. The van der Waals surface area contributed by atoms with E-state index in [0.29, 0.717) is 41.9 Å². The Hall–Kier alpha value is -3.43. The Morgan fingerprint density at radius 3 is 2.97 bits per heavy atom. The van der Waals surface area contributed by atoms with Gasteiger partial charge in [0.2, 0.25) is 17.4 Å². The molecule has 3 aromatic heterocycles. The first-order chi connectivity index (χ1) is 14.7. The molecule has 2 N–H and O–H groups in total. The average molecular weight is 407 g/mol. The van der Waals surface area contributed by atoms with Crippen LogP contribution in [0.1, 0.15) is 17.7 Å². The lowest BCUT2D eigenvalue weighted by atomic mass is 10.2. The lowest BCUT2D eigenvalue weighted by Gasteiger charge is -2.11. The summed E-state index contributed by atoms with van der Waals surface area (Å²) in [6, 6.07) is 11.4. The Kier molecular flexibility index (Phi) is 4.82. The van der Waals surface area contributed by atoms with E-state index in [1.807, 2.05) is 43.3 Å². The number of anilines is 1. The summed E-state index contributed by atoms with van der Waals surface area (Å²) in [6.45, 7) is 3.76. The average Bonchev–Trinajstić information content (AvgIpc) is 3.48. The molecule has 1 aromatic carbocycles. The summed E-state index contributed by atoms with van der Waals surface area (Å²) in [5.74, 6) is 3.01. The number of nitrogen functional groups attached to an aromatic ring is 1. The van der Waals surface area contributed by atoms with E-state index < -0.39 is 0 Å². The lowest BCUT2D eigenvalue weighted by molar-refractivity contribution is 0.0317. The Bertz CT molecular complexity index is 1180. The van der Waals surface area contributed by atoms with Crippen LogP contribution in [0.25, 0.3) is 17.2 Å². The second-order valence-corrected chi connectivity index (χ2v) is 7.11. The second kappa shape index (κ2) is 7.77. The number of aryl methyl sites for hydroxylation is 1. The Labute approximate surface area is 172 Å². The minimum absolute atomic E-state index is 0.109. The van der Waals surface area contributed by atoms with Crippen LogP contribution in [-0.2, 0) is 16.1 Å². The van der Waals surface area contributed by atoms with Gasteiger partial charge >= 0.3 is 0 Å². The quantitative estimate of drug-likeness (QED) is 0.518. The van der Waals surface area contributed by atoms with E-state index in [2.05, 4.69) is 15.1 Å². The van der Waals surface area contributed by atoms with Gasteiger partial charge in [-0.3, -0.25) is 0 Å². The molecule has 9 heteroatoms. The highest BCUT2D eigenvalue weighted by Crippen LogP contribution is 2.29. The Balaban J connectivity index is 1.40. The number of nitrogens with two attached hydrogens (primary N) is 1. The van der Waals surface area contributed by atoms with Gasteiger partial charge in [-0.25, -0.2) is 0 Å². The first kappa shape index (κ1) is 18.6. The molecule has 1 aliphatic heterocycles. The molecule has 4 aromatic rings. The van der Waals surface area contributed by atoms with Crippen molar-refractivity contribution in [3.63, 3.8) is 0 Å². The fourth-order valence-electron chi connectivity index (χ4n) is 3.34. The number of ether oxygens (including phenoxy) is 3. The number of fused-ring (bicyclic) bond motifs is 1.